The average Bonchev–Trinajstić information content (AvgIpc) is 3.34. The van der Waals surface area contributed by atoms with Gasteiger partial charge in [-0.2, -0.15) is 0 Å². The van der Waals surface area contributed by atoms with Gasteiger partial charge in [0.05, 0.1) is 30.1 Å². The van der Waals surface area contributed by atoms with Crippen LogP contribution in [0, 0.1) is 22.0 Å². The molecule has 2 atom stereocenters. The third-order valence-electron chi connectivity index (χ3n) is 5.70. The number of hydrogen-bond donors (Lipinski definition) is 0. The molecule has 0 aromatic heterocycles. The first-order valence-electron chi connectivity index (χ1n) is 9.64. The predicted molar refractivity (Wildman–Crippen MR) is 101 cm³/mol. The van der Waals surface area contributed by atoms with Crippen LogP contribution in [0.2, 0.25) is 0 Å². The molecule has 9 heteroatoms. The van der Waals surface area contributed by atoms with Crippen LogP contribution in [-0.4, -0.2) is 31.1 Å². The Labute approximate surface area is 171 Å². The van der Waals surface area contributed by atoms with E-state index < -0.39 is 10.8 Å². The monoisotopic (exact) mass is 413 g/mol. The fourth-order valence-electron chi connectivity index (χ4n) is 4.16. The number of nitro benzene ring substituents is 1. The van der Waals surface area contributed by atoms with Crippen LogP contribution in [0.15, 0.2) is 30.3 Å². The molecule has 1 saturated heterocycles. The smallest absolute Gasteiger partial charge is 0.309 e. The van der Waals surface area contributed by atoms with Crippen molar-refractivity contribution in [2.24, 2.45) is 11.8 Å². The molecular weight excluding hydrogens is 394 g/mol. The molecule has 5 rings (SSSR count). The highest BCUT2D eigenvalue weighted by molar-refractivity contribution is 5.75. The summed E-state index contributed by atoms with van der Waals surface area (Å²) in [4.78, 5) is 23.6. The minimum atomic E-state index is -0.418. The summed E-state index contributed by atoms with van der Waals surface area (Å²) >= 11 is 0. The van der Waals surface area contributed by atoms with Crippen LogP contribution in [-0.2, 0) is 33.7 Å². The maximum atomic E-state index is 12.4. The maximum absolute atomic E-state index is 12.4. The zero-order valence-corrected chi connectivity index (χ0v) is 16.0. The van der Waals surface area contributed by atoms with E-state index in [-0.39, 0.29) is 37.8 Å². The molecule has 30 heavy (non-hydrogen) atoms. The Morgan fingerprint density at radius 2 is 1.80 bits per heavy atom. The summed E-state index contributed by atoms with van der Waals surface area (Å²) in [5, 5.41) is 11.6. The van der Waals surface area contributed by atoms with Gasteiger partial charge in [-0.25, -0.2) is 0 Å². The first-order chi connectivity index (χ1) is 14.6. The van der Waals surface area contributed by atoms with E-state index in [2.05, 4.69) is 0 Å². The summed E-state index contributed by atoms with van der Waals surface area (Å²) in [6, 6.07) is 8.76. The summed E-state index contributed by atoms with van der Waals surface area (Å²) in [5.74, 6) is 0.940. The minimum absolute atomic E-state index is 0.0168. The van der Waals surface area contributed by atoms with Crippen molar-refractivity contribution in [2.45, 2.75) is 19.4 Å². The predicted octanol–water partition coefficient (Wildman–Crippen LogP) is 2.76. The van der Waals surface area contributed by atoms with E-state index in [9.17, 15) is 14.9 Å². The first kappa shape index (κ1) is 18.7. The summed E-state index contributed by atoms with van der Waals surface area (Å²) in [5.41, 5.74) is 2.22. The number of nitrogens with zero attached hydrogens (tertiary/aromatic N) is 1. The van der Waals surface area contributed by atoms with Crippen LogP contribution < -0.4 is 14.2 Å². The van der Waals surface area contributed by atoms with Crippen LogP contribution in [0.25, 0.3) is 0 Å². The molecule has 0 amide bonds. The molecular formula is C21H19NO8. The molecule has 0 saturated carbocycles. The van der Waals surface area contributed by atoms with Crippen molar-refractivity contribution in [1.82, 2.24) is 0 Å². The molecule has 9 nitrogen and oxygen atoms in total. The van der Waals surface area contributed by atoms with Gasteiger partial charge in [0.1, 0.15) is 5.75 Å². The molecule has 0 radical (unpaired) electrons. The second-order valence-corrected chi connectivity index (χ2v) is 7.55. The second kappa shape index (κ2) is 7.49. The quantitative estimate of drug-likeness (QED) is 0.418. The number of cyclic esters (lactones) is 1. The second-order valence-electron chi connectivity index (χ2n) is 7.55. The van der Waals surface area contributed by atoms with E-state index in [1.54, 1.807) is 6.07 Å². The van der Waals surface area contributed by atoms with Gasteiger partial charge in [-0.15, -0.1) is 0 Å². The highest BCUT2D eigenvalue weighted by Crippen LogP contribution is 2.38. The molecule has 2 aromatic carbocycles. The third-order valence-corrected chi connectivity index (χ3v) is 5.70. The van der Waals surface area contributed by atoms with E-state index in [1.807, 2.05) is 18.2 Å². The Balaban J connectivity index is 1.40. The average molecular weight is 413 g/mol. The zero-order chi connectivity index (χ0) is 20.7. The van der Waals surface area contributed by atoms with Gasteiger partial charge in [0.2, 0.25) is 6.79 Å². The van der Waals surface area contributed by atoms with Gasteiger partial charge in [0.25, 0.3) is 5.69 Å². The summed E-state index contributed by atoms with van der Waals surface area (Å²) in [6.45, 7) is 0.824. The number of nitro groups is 1. The highest BCUT2D eigenvalue weighted by atomic mass is 16.7. The molecule has 0 N–H and O–H groups in total. The number of benzene rings is 2. The topological polar surface area (TPSA) is 106 Å². The molecule has 1 fully saturated rings. The van der Waals surface area contributed by atoms with Gasteiger partial charge in [-0.05, 0) is 36.6 Å². The van der Waals surface area contributed by atoms with Crippen LogP contribution in [0.1, 0.15) is 16.7 Å². The Kier molecular flexibility index (Phi) is 4.66. The fourth-order valence-corrected chi connectivity index (χ4v) is 4.16. The van der Waals surface area contributed by atoms with Crippen molar-refractivity contribution < 1.29 is 33.4 Å². The van der Waals surface area contributed by atoms with Gasteiger partial charge in [0, 0.05) is 17.0 Å². The Bertz CT molecular complexity index is 1020. The standard InChI is InChI=1S/C21H19NO8/c23-21-16(3-12-1-2-18-20(4-12)30-11-29-18)14(9-27-21)5-13-6-15-8-26-10-28-19(15)7-17(13)22(24)25/h1-2,4,6-7,14,16H,3,5,8-11H2/t14-,16+/m0/s1. The van der Waals surface area contributed by atoms with Gasteiger partial charge < -0.3 is 23.7 Å². The molecule has 0 aliphatic carbocycles. The van der Waals surface area contributed by atoms with Crippen LogP contribution in [0.5, 0.6) is 17.2 Å². The van der Waals surface area contributed by atoms with Crippen LogP contribution >= 0.6 is 0 Å². The molecule has 3 aliphatic heterocycles. The molecule has 0 bridgehead atoms. The van der Waals surface area contributed by atoms with Gasteiger partial charge in [-0.1, -0.05) is 6.07 Å². The zero-order valence-electron chi connectivity index (χ0n) is 16.0. The molecule has 0 spiro atoms. The lowest BCUT2D eigenvalue weighted by molar-refractivity contribution is -0.385. The van der Waals surface area contributed by atoms with Gasteiger partial charge >= 0.3 is 5.97 Å². The lowest BCUT2D eigenvalue weighted by Crippen LogP contribution is -2.21. The Morgan fingerprint density at radius 1 is 0.967 bits per heavy atom. The number of esters is 1. The summed E-state index contributed by atoms with van der Waals surface area (Å²) in [6.07, 6.45) is 0.815. The molecule has 3 heterocycles. The van der Waals surface area contributed by atoms with Gasteiger partial charge in [0.15, 0.2) is 18.3 Å². The number of hydrogen-bond acceptors (Lipinski definition) is 8. The van der Waals surface area contributed by atoms with Crippen LogP contribution in [0.4, 0.5) is 5.69 Å². The van der Waals surface area contributed by atoms with E-state index >= 15 is 0 Å². The molecule has 3 aliphatic rings. The lowest BCUT2D eigenvalue weighted by Gasteiger charge is -2.20. The normalized spacial score (nSPS) is 21.7. The highest BCUT2D eigenvalue weighted by Gasteiger charge is 2.38. The van der Waals surface area contributed by atoms with E-state index in [4.69, 9.17) is 23.7 Å². The molecule has 2 aromatic rings. The Hall–Kier alpha value is -3.33. The van der Waals surface area contributed by atoms with Gasteiger partial charge in [-0.3, -0.25) is 14.9 Å². The fraction of sp³-hybridized carbons (Fsp3) is 0.381. The number of carbonyl (C=O) groups is 1. The largest absolute Gasteiger partial charge is 0.467 e. The van der Waals surface area contributed by atoms with Crippen LogP contribution in [0.3, 0.4) is 0 Å². The third kappa shape index (κ3) is 3.41. The lowest BCUT2D eigenvalue weighted by atomic mass is 9.84. The Morgan fingerprint density at radius 3 is 2.67 bits per heavy atom. The van der Waals surface area contributed by atoms with E-state index in [1.165, 1.54) is 6.07 Å². The van der Waals surface area contributed by atoms with Crippen molar-refractivity contribution in [3.63, 3.8) is 0 Å². The number of ether oxygens (including phenoxy) is 5. The number of fused-ring (bicyclic) bond motifs is 2. The maximum Gasteiger partial charge on any atom is 0.309 e. The summed E-state index contributed by atoms with van der Waals surface area (Å²) < 4.78 is 26.7. The van der Waals surface area contributed by atoms with Crippen molar-refractivity contribution in [3.8, 4) is 17.2 Å². The summed E-state index contributed by atoms with van der Waals surface area (Å²) in [7, 11) is 0. The van der Waals surface area contributed by atoms with E-state index in [0.29, 0.717) is 42.3 Å². The molecule has 156 valence electrons. The number of rotatable bonds is 5. The first-order valence-corrected chi connectivity index (χ1v) is 9.64. The minimum Gasteiger partial charge on any atom is -0.467 e. The van der Waals surface area contributed by atoms with Crippen molar-refractivity contribution >= 4 is 11.7 Å². The van der Waals surface area contributed by atoms with Crippen molar-refractivity contribution in [3.05, 3.63) is 57.1 Å². The molecule has 0 unspecified atom stereocenters. The van der Waals surface area contributed by atoms with Crippen molar-refractivity contribution in [2.75, 3.05) is 20.2 Å². The van der Waals surface area contributed by atoms with Crippen molar-refractivity contribution in [1.29, 1.82) is 0 Å². The van der Waals surface area contributed by atoms with E-state index in [0.717, 1.165) is 11.1 Å². The number of carbonyl (C=O) groups excluding carboxylic acids is 1. The SMILES string of the molecule is O=C1OC[C@H](Cc2cc3c(cc2[N+](=O)[O-])OCOC3)[C@H]1Cc1ccc2c(c1)OCO2.